The van der Waals surface area contributed by atoms with Gasteiger partial charge in [-0.1, -0.05) is 51.8 Å². The first-order valence-corrected chi connectivity index (χ1v) is 24.9. The van der Waals surface area contributed by atoms with Crippen LogP contribution in [0.5, 0.6) is 11.6 Å². The molecule has 1 heterocycles. The third kappa shape index (κ3) is 18.5. The van der Waals surface area contributed by atoms with Gasteiger partial charge in [-0.15, -0.1) is 0 Å². The van der Waals surface area contributed by atoms with Crippen LogP contribution in [0.2, 0.25) is 18.1 Å². The number of nitrogens with two attached hydrogens (primary N) is 1. The quantitative estimate of drug-likeness (QED) is 0.0304. The summed E-state index contributed by atoms with van der Waals surface area (Å²) >= 11 is 0. The summed E-state index contributed by atoms with van der Waals surface area (Å²) in [5, 5.41) is 0.393. The fraction of sp³-hybridized carbons (Fsp3) is 0.625. The van der Waals surface area contributed by atoms with E-state index in [0.717, 1.165) is 57.2 Å². The molecule has 1 amide bonds. The molecule has 0 unspecified atom stereocenters. The van der Waals surface area contributed by atoms with E-state index in [-0.39, 0.29) is 28.7 Å². The van der Waals surface area contributed by atoms with E-state index in [0.29, 0.717) is 24.1 Å². The molecule has 2 N–H and O–H groups in total. The highest BCUT2D eigenvalue weighted by atomic mass is 28.4. The lowest BCUT2D eigenvalue weighted by atomic mass is 10.0. The zero-order valence-electron chi connectivity index (χ0n) is 40.0. The Morgan fingerprint density at radius 2 is 1.24 bits per heavy atom. The molecule has 0 saturated heterocycles. The zero-order valence-corrected chi connectivity index (χ0v) is 41.0. The predicted molar refractivity (Wildman–Crippen MR) is 247 cm³/mol. The number of nitrogen functional groups attached to an aromatic ring is 1. The number of nitrogens with zero attached hydrogens (tertiary/aromatic N) is 2. The summed E-state index contributed by atoms with van der Waals surface area (Å²) in [6.07, 6.45) is 3.67. The third-order valence-corrected chi connectivity index (χ3v) is 14.6. The number of pyridine rings is 1. The fourth-order valence-corrected chi connectivity index (χ4v) is 7.29. The van der Waals surface area contributed by atoms with Crippen molar-refractivity contribution in [2.45, 2.75) is 169 Å². The number of anilines is 1. The van der Waals surface area contributed by atoms with E-state index in [1.54, 1.807) is 64.6 Å². The van der Waals surface area contributed by atoms with Crippen molar-refractivity contribution in [2.24, 2.45) is 0 Å². The average molecular weight is 882 g/mol. The maximum Gasteiger partial charge on any atom is 0.515 e. The van der Waals surface area contributed by atoms with E-state index in [2.05, 4.69) is 51.0 Å². The van der Waals surface area contributed by atoms with Gasteiger partial charge in [-0.2, -0.15) is 0 Å². The Morgan fingerprint density at radius 3 is 1.82 bits per heavy atom. The molecule has 62 heavy (non-hydrogen) atoms. The lowest BCUT2D eigenvalue weighted by Gasteiger charge is -2.41. The number of hydrogen-bond acceptors (Lipinski definition) is 12. The van der Waals surface area contributed by atoms with Crippen LogP contribution in [0, 0.1) is 0 Å². The first-order chi connectivity index (χ1) is 28.6. The smallest absolute Gasteiger partial charge is 0.444 e. The van der Waals surface area contributed by atoms with E-state index in [9.17, 15) is 14.4 Å². The zero-order chi connectivity index (χ0) is 46.5. The van der Waals surface area contributed by atoms with Crippen molar-refractivity contribution in [3.63, 3.8) is 0 Å². The highest BCUT2D eigenvalue weighted by Gasteiger charge is 2.41. The summed E-state index contributed by atoms with van der Waals surface area (Å²) < 4.78 is 41.1. The van der Waals surface area contributed by atoms with Gasteiger partial charge in [0.05, 0.1) is 12.6 Å². The van der Waals surface area contributed by atoms with Crippen molar-refractivity contribution < 1.29 is 47.2 Å². The van der Waals surface area contributed by atoms with Crippen LogP contribution in [0.4, 0.5) is 20.1 Å². The number of fused-ring (bicyclic) bond motifs is 1. The van der Waals surface area contributed by atoms with Gasteiger partial charge in [0.1, 0.15) is 22.3 Å². The van der Waals surface area contributed by atoms with E-state index >= 15 is 0 Å². The lowest BCUT2D eigenvalue weighted by Crippen LogP contribution is -2.46. The molecular weight excluding hydrogens is 807 g/mol. The number of carbonyl (C=O) groups is 3. The molecule has 0 fully saturated rings. The molecule has 0 radical (unpaired) electrons. The number of ether oxygens (including phenoxy) is 6. The average Bonchev–Trinajstić information content (AvgIpc) is 3.11. The third-order valence-electron chi connectivity index (χ3n) is 10.1. The summed E-state index contributed by atoms with van der Waals surface area (Å²) in [7, 11) is -2.50. The summed E-state index contributed by atoms with van der Waals surface area (Å²) in [6, 6.07) is 14.8. The van der Waals surface area contributed by atoms with Crippen LogP contribution in [0.3, 0.4) is 0 Å². The van der Waals surface area contributed by atoms with Crippen molar-refractivity contribution in [1.82, 2.24) is 9.88 Å². The molecule has 1 atom stereocenters. The molecule has 0 aliphatic heterocycles. The second-order valence-corrected chi connectivity index (χ2v) is 25.1. The molecule has 14 heteroatoms. The number of rotatable bonds is 19. The minimum Gasteiger partial charge on any atom is -0.444 e. The summed E-state index contributed by atoms with van der Waals surface area (Å²) in [5.41, 5.74) is 6.46. The summed E-state index contributed by atoms with van der Waals surface area (Å²) in [4.78, 5) is 46.0. The van der Waals surface area contributed by atoms with E-state index < -0.39 is 49.6 Å². The Kier molecular flexibility index (Phi) is 18.7. The van der Waals surface area contributed by atoms with Gasteiger partial charge in [0.15, 0.2) is 14.1 Å². The summed E-state index contributed by atoms with van der Waals surface area (Å²) in [6.45, 7) is 28.8. The second-order valence-electron chi connectivity index (χ2n) is 20.4. The number of aryl methyl sites for hydroxylation is 1. The van der Waals surface area contributed by atoms with E-state index in [4.69, 9.17) is 38.6 Å². The number of amides is 1. The molecule has 0 saturated carbocycles. The minimum atomic E-state index is -2.50. The molecule has 0 bridgehead atoms. The molecule has 1 aromatic heterocycles. The fourth-order valence-electron chi connectivity index (χ4n) is 6.03. The van der Waals surface area contributed by atoms with Crippen LogP contribution in [-0.4, -0.2) is 79.7 Å². The van der Waals surface area contributed by atoms with Gasteiger partial charge in [-0.05, 0) is 148 Å². The van der Waals surface area contributed by atoms with Gasteiger partial charge >= 0.3 is 18.4 Å². The normalized spacial score (nSPS) is 13.1. The molecule has 346 valence electrons. The number of hydrogen-bond donors (Lipinski definition) is 1. The highest BCUT2D eigenvalue weighted by molar-refractivity contribution is 6.74. The Bertz CT molecular complexity index is 1910. The van der Waals surface area contributed by atoms with Crippen molar-refractivity contribution in [2.75, 3.05) is 32.0 Å². The Morgan fingerprint density at radius 1 is 0.677 bits per heavy atom. The molecule has 0 spiro atoms. The summed E-state index contributed by atoms with van der Waals surface area (Å²) in [5.74, 6) is 0.0276. The minimum absolute atomic E-state index is 0.0602. The van der Waals surface area contributed by atoms with Gasteiger partial charge < -0.3 is 43.5 Å². The monoisotopic (exact) mass is 882 g/mol. The van der Waals surface area contributed by atoms with Crippen LogP contribution in [-0.2, 0) is 29.8 Å². The molecule has 0 aliphatic carbocycles. The molecule has 0 aliphatic rings. The van der Waals surface area contributed by atoms with Gasteiger partial charge in [-0.3, -0.25) is 0 Å². The first-order valence-electron chi connectivity index (χ1n) is 22.0. The lowest BCUT2D eigenvalue weighted by molar-refractivity contribution is 0.0149. The van der Waals surface area contributed by atoms with Crippen LogP contribution < -0.4 is 15.2 Å². The van der Waals surface area contributed by atoms with Crippen molar-refractivity contribution in [3.8, 4) is 11.6 Å². The Hall–Kier alpha value is -4.40. The van der Waals surface area contributed by atoms with Crippen molar-refractivity contribution in [3.05, 3.63) is 59.7 Å². The van der Waals surface area contributed by atoms with E-state index in [1.807, 2.05) is 39.0 Å². The Labute approximate surface area is 371 Å². The Balaban J connectivity index is 1.88. The topological polar surface area (TPSA) is 158 Å². The molecule has 13 nitrogen and oxygen atoms in total. The predicted octanol–water partition coefficient (Wildman–Crippen LogP) is 12.3. The maximum absolute atomic E-state index is 14.0. The number of benzene rings is 2. The molecule has 3 aromatic rings. The van der Waals surface area contributed by atoms with Crippen LogP contribution >= 0.6 is 0 Å². The van der Waals surface area contributed by atoms with Crippen molar-refractivity contribution in [1.29, 1.82) is 0 Å². The van der Waals surface area contributed by atoms with Crippen molar-refractivity contribution >= 4 is 43.3 Å². The maximum atomic E-state index is 14.0. The molecular formula is C48H75N3O10Si. The van der Waals surface area contributed by atoms with Crippen LogP contribution in [0.1, 0.15) is 139 Å². The SMILES string of the molecule is CC(C)(C)OC(=O)Oc1ccc2c([C@H](CN(CCCCCCOCCCCc3ccc(N)cc3)C(=O)OC(C)(C)C)O[Si](C)(C)C(C)(C)C)ccc(OC(=O)OC(C)(C)C)c2n1. The van der Waals surface area contributed by atoms with Gasteiger partial charge in [-0.25, -0.2) is 19.4 Å². The molecule has 3 rings (SSSR count). The van der Waals surface area contributed by atoms with Crippen LogP contribution in [0.15, 0.2) is 48.5 Å². The number of unbranched alkanes of at least 4 members (excludes halogenated alkanes) is 4. The first kappa shape index (κ1) is 51.9. The largest absolute Gasteiger partial charge is 0.515 e. The number of carbonyl (C=O) groups excluding carboxylic acids is 3. The number of aromatic nitrogens is 1. The highest BCUT2D eigenvalue weighted by Crippen LogP contribution is 2.42. The van der Waals surface area contributed by atoms with Crippen LogP contribution in [0.25, 0.3) is 10.9 Å². The van der Waals surface area contributed by atoms with Gasteiger partial charge in [0.25, 0.3) is 0 Å². The molecule has 2 aromatic carbocycles. The second kappa shape index (κ2) is 22.3. The van der Waals surface area contributed by atoms with Gasteiger partial charge in [0, 0.05) is 36.9 Å². The van der Waals surface area contributed by atoms with E-state index in [1.165, 1.54) is 5.56 Å². The standard InChI is InChI=1S/C48H75N3O10Si/c1-45(2,3)58-42(52)51(30-18-15-16-19-31-55-32-20-17-21-34-22-24-35(49)25-23-34)33-39(61-62(13,14)48(10,11)12)36-26-28-38(56-43(53)59-46(4,5)6)41-37(36)27-29-40(50-41)57-44(54)60-47(7,8)9/h22-29,39H,15-21,30-33,49H2,1-14H3/t39-/m0/s1. The van der Waals surface area contributed by atoms with Gasteiger partial charge in [0.2, 0.25) is 5.88 Å².